The van der Waals surface area contributed by atoms with Crippen LogP contribution in [0.2, 0.25) is 0 Å². The summed E-state index contributed by atoms with van der Waals surface area (Å²) in [5, 5.41) is 10.1. The van der Waals surface area contributed by atoms with Crippen LogP contribution in [0.25, 0.3) is 0 Å². The first kappa shape index (κ1) is 17.5. The van der Waals surface area contributed by atoms with Crippen molar-refractivity contribution in [1.29, 1.82) is 0 Å². The van der Waals surface area contributed by atoms with Crippen molar-refractivity contribution in [3.05, 3.63) is 17.0 Å². The van der Waals surface area contributed by atoms with Gasteiger partial charge in [0.25, 0.3) is 0 Å². The average molecular weight is 296 g/mol. The van der Waals surface area contributed by atoms with Crippen molar-refractivity contribution in [3.8, 4) is 0 Å². The van der Waals surface area contributed by atoms with E-state index < -0.39 is 0 Å². The van der Waals surface area contributed by atoms with Crippen molar-refractivity contribution in [2.24, 2.45) is 0 Å². The van der Waals surface area contributed by atoms with Gasteiger partial charge in [-0.15, -0.1) is 0 Å². The molecule has 0 aliphatic carbocycles. The fraction of sp³-hybridized carbons (Fsp3) is 0.733. The Hall–Kier alpha value is -1.56. The van der Waals surface area contributed by atoms with E-state index in [0.717, 1.165) is 37.2 Å². The minimum Gasteiger partial charge on any atom is -0.382 e. The van der Waals surface area contributed by atoms with Crippen LogP contribution in [0.4, 0.5) is 4.79 Å². The zero-order chi connectivity index (χ0) is 15.8. The lowest BCUT2D eigenvalue weighted by Gasteiger charge is -2.18. The molecule has 0 aromatic carbocycles. The molecule has 0 unspecified atom stereocenters. The van der Waals surface area contributed by atoms with Gasteiger partial charge in [0.2, 0.25) is 0 Å². The number of H-pyrrole nitrogens is 1. The van der Waals surface area contributed by atoms with E-state index in [1.165, 1.54) is 5.56 Å². The first-order valence-electron chi connectivity index (χ1n) is 7.48. The highest BCUT2D eigenvalue weighted by Gasteiger charge is 2.10. The van der Waals surface area contributed by atoms with Crippen LogP contribution in [0.15, 0.2) is 0 Å². The number of ether oxygens (including phenoxy) is 1. The van der Waals surface area contributed by atoms with Gasteiger partial charge >= 0.3 is 6.03 Å². The largest absolute Gasteiger partial charge is 0.382 e. The monoisotopic (exact) mass is 296 g/mol. The van der Waals surface area contributed by atoms with Gasteiger partial charge in [0, 0.05) is 32.9 Å². The number of nitrogens with zero attached hydrogens (tertiary/aromatic N) is 2. The summed E-state index contributed by atoms with van der Waals surface area (Å²) in [6.07, 6.45) is 2.86. The van der Waals surface area contributed by atoms with Crippen LogP contribution in [0, 0.1) is 13.8 Å². The molecule has 1 atom stereocenters. The molecule has 120 valence electrons. The third-order valence-corrected chi connectivity index (χ3v) is 3.78. The van der Waals surface area contributed by atoms with E-state index in [-0.39, 0.29) is 12.1 Å². The SMILES string of the molecule is CO[C@@H](C)CCNC(=O)N(C)CCCc1c(C)n[nH]c1C. The zero-order valence-electron chi connectivity index (χ0n) is 13.8. The maximum Gasteiger partial charge on any atom is 0.317 e. The Morgan fingerprint density at radius 1 is 1.48 bits per heavy atom. The number of rotatable bonds is 8. The van der Waals surface area contributed by atoms with Gasteiger partial charge in [-0.05, 0) is 45.6 Å². The maximum absolute atomic E-state index is 11.9. The van der Waals surface area contributed by atoms with E-state index in [2.05, 4.69) is 15.5 Å². The minimum absolute atomic E-state index is 0.0288. The Morgan fingerprint density at radius 3 is 2.76 bits per heavy atom. The van der Waals surface area contributed by atoms with Crippen LogP contribution < -0.4 is 5.32 Å². The highest BCUT2D eigenvalue weighted by Crippen LogP contribution is 2.11. The summed E-state index contributed by atoms with van der Waals surface area (Å²) in [7, 11) is 3.50. The number of aromatic nitrogens is 2. The van der Waals surface area contributed by atoms with Crippen molar-refractivity contribution in [3.63, 3.8) is 0 Å². The molecule has 0 aliphatic rings. The molecule has 1 rings (SSSR count). The fourth-order valence-electron chi connectivity index (χ4n) is 2.17. The molecule has 1 aromatic rings. The van der Waals surface area contributed by atoms with Crippen LogP contribution in [-0.4, -0.2) is 54.5 Å². The number of methoxy groups -OCH3 is 1. The molecule has 6 heteroatoms. The van der Waals surface area contributed by atoms with E-state index in [9.17, 15) is 4.79 Å². The molecule has 0 aliphatic heterocycles. The topological polar surface area (TPSA) is 70.2 Å². The molecule has 0 fully saturated rings. The molecule has 6 nitrogen and oxygen atoms in total. The van der Waals surface area contributed by atoms with Crippen molar-refractivity contribution in [1.82, 2.24) is 20.4 Å². The van der Waals surface area contributed by atoms with Crippen molar-refractivity contribution >= 4 is 6.03 Å². The number of nitrogens with one attached hydrogen (secondary N) is 2. The van der Waals surface area contributed by atoms with Crippen LogP contribution >= 0.6 is 0 Å². The normalized spacial score (nSPS) is 12.2. The smallest absolute Gasteiger partial charge is 0.317 e. The lowest BCUT2D eigenvalue weighted by atomic mass is 10.1. The Morgan fingerprint density at radius 2 is 2.19 bits per heavy atom. The number of aryl methyl sites for hydroxylation is 2. The molecule has 1 heterocycles. The molecule has 0 saturated heterocycles. The Balaban J connectivity index is 2.24. The van der Waals surface area contributed by atoms with Crippen LogP contribution in [0.3, 0.4) is 0 Å². The molecule has 21 heavy (non-hydrogen) atoms. The molecule has 0 spiro atoms. The minimum atomic E-state index is -0.0288. The van der Waals surface area contributed by atoms with Gasteiger partial charge in [-0.2, -0.15) is 5.10 Å². The first-order chi connectivity index (χ1) is 9.95. The Labute approximate surface area is 127 Å². The second-order valence-electron chi connectivity index (χ2n) is 5.50. The van der Waals surface area contributed by atoms with Crippen molar-refractivity contribution in [2.45, 2.75) is 46.1 Å². The predicted molar refractivity (Wildman–Crippen MR) is 83.5 cm³/mol. The number of urea groups is 1. The summed E-state index contributed by atoms with van der Waals surface area (Å²) in [4.78, 5) is 13.6. The van der Waals surface area contributed by atoms with Gasteiger partial charge in [-0.3, -0.25) is 5.10 Å². The van der Waals surface area contributed by atoms with Gasteiger partial charge in [-0.25, -0.2) is 4.79 Å². The summed E-state index contributed by atoms with van der Waals surface area (Å²) >= 11 is 0. The number of hydrogen-bond acceptors (Lipinski definition) is 3. The number of hydrogen-bond donors (Lipinski definition) is 2. The summed E-state index contributed by atoms with van der Waals surface area (Å²) in [6.45, 7) is 7.40. The van der Waals surface area contributed by atoms with E-state index in [1.54, 1.807) is 12.0 Å². The molecule has 2 N–H and O–H groups in total. The van der Waals surface area contributed by atoms with E-state index in [1.807, 2.05) is 27.8 Å². The predicted octanol–water partition coefficient (Wildman–Crippen LogP) is 2.03. The van der Waals surface area contributed by atoms with Crippen LogP contribution in [-0.2, 0) is 11.2 Å². The van der Waals surface area contributed by atoms with E-state index in [0.29, 0.717) is 6.54 Å². The van der Waals surface area contributed by atoms with Gasteiger partial charge < -0.3 is 15.0 Å². The summed E-state index contributed by atoms with van der Waals surface area (Å²) < 4.78 is 5.15. The van der Waals surface area contributed by atoms with Gasteiger partial charge in [-0.1, -0.05) is 0 Å². The van der Waals surface area contributed by atoms with Crippen LogP contribution in [0.1, 0.15) is 36.7 Å². The number of aromatic amines is 1. The molecule has 0 saturated carbocycles. The standard InChI is InChI=1S/C15H28N4O2/c1-11(21-5)8-9-16-15(20)19(4)10-6-7-14-12(2)17-18-13(14)3/h11H,6-10H2,1-5H3,(H,16,20)(H,17,18)/t11-/m0/s1. The molecular weight excluding hydrogens is 268 g/mol. The maximum atomic E-state index is 11.9. The molecule has 0 radical (unpaired) electrons. The fourth-order valence-corrected chi connectivity index (χ4v) is 2.17. The quantitative estimate of drug-likeness (QED) is 0.771. The zero-order valence-corrected chi connectivity index (χ0v) is 13.8. The van der Waals surface area contributed by atoms with Crippen molar-refractivity contribution in [2.75, 3.05) is 27.2 Å². The van der Waals surface area contributed by atoms with Crippen LogP contribution in [0.5, 0.6) is 0 Å². The molecular formula is C15H28N4O2. The number of carbonyl (C=O) groups excluding carboxylic acids is 1. The summed E-state index contributed by atoms with van der Waals surface area (Å²) in [6, 6.07) is -0.0288. The Bertz CT molecular complexity index is 425. The average Bonchev–Trinajstić information content (AvgIpc) is 2.78. The lowest BCUT2D eigenvalue weighted by Crippen LogP contribution is -2.39. The van der Waals surface area contributed by atoms with Gasteiger partial charge in [0.05, 0.1) is 11.8 Å². The number of carbonyl (C=O) groups is 1. The molecule has 2 amide bonds. The second kappa shape index (κ2) is 8.67. The third kappa shape index (κ3) is 5.75. The van der Waals surface area contributed by atoms with Crippen molar-refractivity contribution < 1.29 is 9.53 Å². The highest BCUT2D eigenvalue weighted by atomic mass is 16.5. The van der Waals surface area contributed by atoms with Gasteiger partial charge in [0.1, 0.15) is 0 Å². The third-order valence-electron chi connectivity index (χ3n) is 3.78. The first-order valence-corrected chi connectivity index (χ1v) is 7.48. The Kier molecular flexibility index (Phi) is 7.22. The molecule has 1 aromatic heterocycles. The number of amides is 2. The van der Waals surface area contributed by atoms with E-state index in [4.69, 9.17) is 4.74 Å². The van der Waals surface area contributed by atoms with Gasteiger partial charge in [0.15, 0.2) is 0 Å². The summed E-state index contributed by atoms with van der Waals surface area (Å²) in [5.74, 6) is 0. The molecule has 0 bridgehead atoms. The highest BCUT2D eigenvalue weighted by molar-refractivity contribution is 5.73. The van der Waals surface area contributed by atoms with E-state index >= 15 is 0 Å². The lowest BCUT2D eigenvalue weighted by molar-refractivity contribution is 0.111. The summed E-state index contributed by atoms with van der Waals surface area (Å²) in [5.41, 5.74) is 3.43. The second-order valence-corrected chi connectivity index (χ2v) is 5.50.